The molecule has 0 radical (unpaired) electrons. The largest absolute Gasteiger partial charge is 0.462 e. The minimum absolute atomic E-state index is 0.0219. The fourth-order valence-electron chi connectivity index (χ4n) is 5.93. The molecule has 1 amide bonds. The standard InChI is InChI=1S/C28H44N4O5/c1-30-15-7-22(8-16-30)26(35)32-14-5-3-10-28(27(36)37-21-25(34)24(33)9-17-32)11-18-31(19-12-28)20-23-6-2-4-13-29-23/h2,4,6,13,22,24-25,33-34H,3,5,7-12,14-21H2,1H3/t24-,25+/m0/s1. The average molecular weight is 517 g/mol. The molecule has 0 aromatic carbocycles. The van der Waals surface area contributed by atoms with E-state index in [0.29, 0.717) is 32.4 Å². The zero-order valence-corrected chi connectivity index (χ0v) is 22.3. The van der Waals surface area contributed by atoms with Crippen molar-refractivity contribution in [2.75, 3.05) is 52.9 Å². The molecule has 206 valence electrons. The number of nitrogens with zero attached hydrogens (tertiary/aromatic N) is 4. The molecule has 37 heavy (non-hydrogen) atoms. The number of aliphatic hydroxyl groups excluding tert-OH is 2. The first kappa shape index (κ1) is 28.0. The van der Waals surface area contributed by atoms with Gasteiger partial charge in [0.05, 0.1) is 17.2 Å². The predicted molar refractivity (Wildman–Crippen MR) is 139 cm³/mol. The number of amides is 1. The van der Waals surface area contributed by atoms with Gasteiger partial charge in [-0.25, -0.2) is 0 Å². The van der Waals surface area contributed by atoms with Crippen molar-refractivity contribution < 1.29 is 24.5 Å². The lowest BCUT2D eigenvalue weighted by atomic mass is 9.74. The molecule has 3 fully saturated rings. The van der Waals surface area contributed by atoms with Gasteiger partial charge in [-0.2, -0.15) is 0 Å². The summed E-state index contributed by atoms with van der Waals surface area (Å²) in [6.07, 6.45) is 5.31. The maximum Gasteiger partial charge on any atom is 0.312 e. The molecule has 0 aliphatic carbocycles. The third-order valence-corrected chi connectivity index (χ3v) is 8.59. The first-order valence-corrected chi connectivity index (χ1v) is 14.0. The number of aliphatic hydroxyl groups is 2. The van der Waals surface area contributed by atoms with Crippen LogP contribution >= 0.6 is 0 Å². The molecule has 2 N–H and O–H groups in total. The Hall–Kier alpha value is -2.07. The first-order valence-electron chi connectivity index (χ1n) is 14.0. The second kappa shape index (κ2) is 13.1. The molecule has 0 bridgehead atoms. The Bertz CT molecular complexity index is 869. The van der Waals surface area contributed by atoms with Gasteiger partial charge in [0.25, 0.3) is 0 Å². The van der Waals surface area contributed by atoms with E-state index in [1.54, 1.807) is 6.20 Å². The van der Waals surface area contributed by atoms with Crippen molar-refractivity contribution in [1.82, 2.24) is 19.7 Å². The van der Waals surface area contributed by atoms with Gasteiger partial charge in [0, 0.05) is 31.7 Å². The van der Waals surface area contributed by atoms with Crippen LogP contribution in [-0.2, 0) is 20.9 Å². The molecule has 0 unspecified atom stereocenters. The van der Waals surface area contributed by atoms with Gasteiger partial charge in [-0.3, -0.25) is 19.5 Å². The van der Waals surface area contributed by atoms with E-state index in [0.717, 1.165) is 64.1 Å². The van der Waals surface area contributed by atoms with Gasteiger partial charge < -0.3 is 24.7 Å². The Morgan fingerprint density at radius 3 is 2.46 bits per heavy atom. The van der Waals surface area contributed by atoms with E-state index in [-0.39, 0.29) is 30.8 Å². The molecular weight excluding hydrogens is 472 g/mol. The third kappa shape index (κ3) is 7.50. The molecule has 0 saturated carbocycles. The van der Waals surface area contributed by atoms with Gasteiger partial charge >= 0.3 is 5.97 Å². The number of carbonyl (C=O) groups is 2. The van der Waals surface area contributed by atoms with E-state index in [4.69, 9.17) is 4.74 Å². The Morgan fingerprint density at radius 2 is 1.76 bits per heavy atom. The normalized spacial score (nSPS) is 27.6. The predicted octanol–water partition coefficient (Wildman–Crippen LogP) is 1.67. The van der Waals surface area contributed by atoms with Gasteiger partial charge in [-0.05, 0) is 90.3 Å². The molecule has 1 aromatic rings. The molecule has 3 saturated heterocycles. The number of carbonyl (C=O) groups excluding carboxylic acids is 2. The molecule has 2 atom stereocenters. The van der Waals surface area contributed by atoms with Crippen LogP contribution in [0.25, 0.3) is 0 Å². The first-order chi connectivity index (χ1) is 17.9. The number of likely N-dealkylation sites (tertiary alicyclic amines) is 2. The quantitative estimate of drug-likeness (QED) is 0.585. The van der Waals surface area contributed by atoms with Crippen molar-refractivity contribution in [2.45, 2.75) is 70.1 Å². The summed E-state index contributed by atoms with van der Waals surface area (Å²) in [7, 11) is 2.08. The van der Waals surface area contributed by atoms with Crippen LogP contribution in [0.5, 0.6) is 0 Å². The maximum atomic E-state index is 13.3. The molecule has 9 heteroatoms. The van der Waals surface area contributed by atoms with Crippen LogP contribution in [0.4, 0.5) is 0 Å². The number of cyclic esters (lactones) is 1. The van der Waals surface area contributed by atoms with Gasteiger partial charge in [-0.1, -0.05) is 12.5 Å². The minimum Gasteiger partial charge on any atom is -0.462 e. The van der Waals surface area contributed by atoms with Crippen LogP contribution < -0.4 is 0 Å². The maximum absolute atomic E-state index is 13.3. The number of hydrogen-bond donors (Lipinski definition) is 2. The molecular formula is C28H44N4O5. The highest BCUT2D eigenvalue weighted by atomic mass is 16.5. The second-order valence-electron chi connectivity index (χ2n) is 11.3. The van der Waals surface area contributed by atoms with Crippen LogP contribution in [0.2, 0.25) is 0 Å². The van der Waals surface area contributed by atoms with Gasteiger partial charge in [0.1, 0.15) is 12.7 Å². The number of aromatic nitrogens is 1. The SMILES string of the molecule is CN1CCC(C(=O)N2CCCCC3(CCN(Cc4ccccn4)CC3)C(=O)OC[C@@H](O)[C@@H](O)CC2)CC1. The monoisotopic (exact) mass is 516 g/mol. The van der Waals surface area contributed by atoms with Crippen LogP contribution in [-0.4, -0.2) is 107 Å². The number of ether oxygens (including phenoxy) is 1. The van der Waals surface area contributed by atoms with Crippen LogP contribution in [0.1, 0.15) is 57.1 Å². The summed E-state index contributed by atoms with van der Waals surface area (Å²) in [5.74, 6) is -0.0853. The number of piperidine rings is 2. The highest BCUT2D eigenvalue weighted by Crippen LogP contribution is 2.38. The van der Waals surface area contributed by atoms with Crippen LogP contribution in [0, 0.1) is 11.3 Å². The Balaban J connectivity index is 1.39. The number of pyridine rings is 1. The Labute approximate surface area is 220 Å². The van der Waals surface area contributed by atoms with Gasteiger partial charge in [0.15, 0.2) is 0 Å². The van der Waals surface area contributed by atoms with Gasteiger partial charge in [-0.15, -0.1) is 0 Å². The van der Waals surface area contributed by atoms with Crippen molar-refractivity contribution in [3.63, 3.8) is 0 Å². The molecule has 1 aromatic heterocycles. The second-order valence-corrected chi connectivity index (χ2v) is 11.3. The Morgan fingerprint density at radius 1 is 1.00 bits per heavy atom. The zero-order valence-electron chi connectivity index (χ0n) is 22.3. The minimum atomic E-state index is -1.16. The molecule has 3 aliphatic rings. The number of esters is 1. The Kier molecular flexibility index (Phi) is 9.92. The highest BCUT2D eigenvalue weighted by Gasteiger charge is 2.43. The summed E-state index contributed by atoms with van der Waals surface area (Å²) in [5, 5.41) is 21.0. The molecule has 1 spiro atoms. The lowest BCUT2D eigenvalue weighted by molar-refractivity contribution is -0.165. The van der Waals surface area contributed by atoms with E-state index in [1.807, 2.05) is 23.1 Å². The third-order valence-electron chi connectivity index (χ3n) is 8.59. The average Bonchev–Trinajstić information content (AvgIpc) is 2.92. The van der Waals surface area contributed by atoms with E-state index in [2.05, 4.69) is 21.8 Å². The zero-order chi connectivity index (χ0) is 26.3. The van der Waals surface area contributed by atoms with Crippen molar-refractivity contribution >= 4 is 11.9 Å². The van der Waals surface area contributed by atoms with Crippen LogP contribution in [0.3, 0.4) is 0 Å². The van der Waals surface area contributed by atoms with Crippen molar-refractivity contribution in [3.05, 3.63) is 30.1 Å². The smallest absolute Gasteiger partial charge is 0.312 e. The molecule has 4 heterocycles. The van der Waals surface area contributed by atoms with E-state index in [9.17, 15) is 19.8 Å². The number of rotatable bonds is 3. The highest BCUT2D eigenvalue weighted by molar-refractivity contribution is 5.79. The summed E-state index contributed by atoms with van der Waals surface area (Å²) in [6.45, 7) is 4.95. The summed E-state index contributed by atoms with van der Waals surface area (Å²) in [5.41, 5.74) is 0.421. The van der Waals surface area contributed by atoms with Crippen molar-refractivity contribution in [2.24, 2.45) is 11.3 Å². The van der Waals surface area contributed by atoms with Crippen molar-refractivity contribution in [1.29, 1.82) is 0 Å². The summed E-state index contributed by atoms with van der Waals surface area (Å²) < 4.78 is 5.60. The van der Waals surface area contributed by atoms with E-state index >= 15 is 0 Å². The van der Waals surface area contributed by atoms with Crippen molar-refractivity contribution in [3.8, 4) is 0 Å². The fourth-order valence-corrected chi connectivity index (χ4v) is 5.93. The van der Waals surface area contributed by atoms with Gasteiger partial charge in [0.2, 0.25) is 5.91 Å². The molecule has 3 aliphatic heterocycles. The summed E-state index contributed by atoms with van der Waals surface area (Å²) in [6, 6.07) is 5.91. The van der Waals surface area contributed by atoms with E-state index in [1.165, 1.54) is 0 Å². The lowest BCUT2D eigenvalue weighted by Crippen LogP contribution is -2.46. The lowest BCUT2D eigenvalue weighted by Gasteiger charge is -2.40. The van der Waals surface area contributed by atoms with E-state index < -0.39 is 17.6 Å². The summed E-state index contributed by atoms with van der Waals surface area (Å²) in [4.78, 5) is 37.5. The topological polar surface area (TPSA) is 106 Å². The summed E-state index contributed by atoms with van der Waals surface area (Å²) >= 11 is 0. The number of hydrogen-bond acceptors (Lipinski definition) is 8. The fraction of sp³-hybridized carbons (Fsp3) is 0.750. The molecule has 9 nitrogen and oxygen atoms in total. The van der Waals surface area contributed by atoms with Crippen LogP contribution in [0.15, 0.2) is 24.4 Å². The molecule has 4 rings (SSSR count).